The number of hydrogen-bond acceptors (Lipinski definition) is 3. The van der Waals surface area contributed by atoms with Crippen LogP contribution in [0.2, 0.25) is 0 Å². The van der Waals surface area contributed by atoms with Crippen LogP contribution in [0.4, 0.5) is 14.6 Å². The number of carbonyl (C=O) groups excluding carboxylic acids is 1. The molecule has 1 aromatic carbocycles. The first-order valence-corrected chi connectivity index (χ1v) is 9.05. The Hall–Kier alpha value is -2.81. The predicted octanol–water partition coefficient (Wildman–Crippen LogP) is 4.08. The van der Waals surface area contributed by atoms with Crippen LogP contribution in [-0.4, -0.2) is 31.7 Å². The van der Waals surface area contributed by atoms with Crippen molar-refractivity contribution in [3.63, 3.8) is 0 Å². The van der Waals surface area contributed by atoms with Gasteiger partial charge in [0.25, 0.3) is 0 Å². The van der Waals surface area contributed by atoms with Crippen LogP contribution in [0.3, 0.4) is 0 Å². The second-order valence-corrected chi connectivity index (χ2v) is 7.33. The molecule has 0 saturated heterocycles. The summed E-state index contributed by atoms with van der Waals surface area (Å²) in [7, 11) is 0. The fourth-order valence-corrected chi connectivity index (χ4v) is 3.73. The van der Waals surface area contributed by atoms with Crippen LogP contribution in [0.1, 0.15) is 6.42 Å². The lowest BCUT2D eigenvalue weighted by Crippen LogP contribution is -2.15. The first-order chi connectivity index (χ1) is 13.0. The van der Waals surface area contributed by atoms with E-state index < -0.39 is 17.9 Å². The van der Waals surface area contributed by atoms with Gasteiger partial charge in [-0.3, -0.25) is 9.89 Å². The maximum atomic E-state index is 14.3. The number of amides is 1. The Balaban J connectivity index is 1.56. The lowest BCUT2D eigenvalue weighted by atomic mass is 10.0. The summed E-state index contributed by atoms with van der Waals surface area (Å²) in [5.41, 5.74) is 2.62. The topological polar surface area (TPSA) is 75.1 Å². The van der Waals surface area contributed by atoms with E-state index in [4.69, 9.17) is 0 Å². The quantitative estimate of drug-likeness (QED) is 0.513. The lowest BCUT2D eigenvalue weighted by Gasteiger charge is -2.08. The molecule has 0 unspecified atom stereocenters. The van der Waals surface area contributed by atoms with Crippen molar-refractivity contribution in [1.29, 1.82) is 0 Å². The normalized spacial score (nSPS) is 18.9. The SMILES string of the molecule is O=C(Nc1cn2cc(-c3c(Br)c(F)cc4[nH]ncc34)ccc2n1)[C@@H]1C[C@@H]1F. The molecule has 9 heteroatoms. The van der Waals surface area contributed by atoms with Crippen molar-refractivity contribution in [3.05, 3.63) is 47.1 Å². The number of nitrogens with zero attached hydrogens (tertiary/aromatic N) is 3. The Morgan fingerprint density at radius 2 is 2.19 bits per heavy atom. The number of rotatable bonds is 3. The number of alkyl halides is 1. The number of halogens is 3. The zero-order valence-corrected chi connectivity index (χ0v) is 15.3. The number of nitrogens with one attached hydrogen (secondary N) is 2. The smallest absolute Gasteiger partial charge is 0.231 e. The van der Waals surface area contributed by atoms with Gasteiger partial charge in [-0.05, 0) is 34.5 Å². The third-order valence-electron chi connectivity index (χ3n) is 4.68. The van der Waals surface area contributed by atoms with E-state index in [0.29, 0.717) is 27.0 Å². The molecule has 1 saturated carbocycles. The van der Waals surface area contributed by atoms with Crippen LogP contribution >= 0.6 is 15.9 Å². The third-order valence-corrected chi connectivity index (χ3v) is 5.45. The molecule has 27 heavy (non-hydrogen) atoms. The zero-order chi connectivity index (χ0) is 18.7. The number of imidazole rings is 1. The highest BCUT2D eigenvalue weighted by Crippen LogP contribution is 2.37. The second kappa shape index (κ2) is 5.85. The minimum Gasteiger partial charge on any atom is -0.309 e. The largest absolute Gasteiger partial charge is 0.309 e. The summed E-state index contributed by atoms with van der Waals surface area (Å²) < 4.78 is 29.3. The molecule has 0 aliphatic heterocycles. The molecule has 2 N–H and O–H groups in total. The summed E-state index contributed by atoms with van der Waals surface area (Å²) in [5.74, 6) is -0.990. The van der Waals surface area contributed by atoms with Crippen LogP contribution in [0, 0.1) is 11.7 Å². The van der Waals surface area contributed by atoms with Gasteiger partial charge in [-0.25, -0.2) is 13.8 Å². The van der Waals surface area contributed by atoms with Gasteiger partial charge in [0.1, 0.15) is 17.6 Å². The van der Waals surface area contributed by atoms with Gasteiger partial charge in [-0.1, -0.05) is 0 Å². The predicted molar refractivity (Wildman–Crippen MR) is 99.6 cm³/mol. The van der Waals surface area contributed by atoms with E-state index >= 15 is 0 Å². The van der Waals surface area contributed by atoms with Crippen LogP contribution in [0.25, 0.3) is 27.7 Å². The number of hydrogen-bond donors (Lipinski definition) is 2. The number of aromatic amines is 1. The number of aromatic nitrogens is 4. The van der Waals surface area contributed by atoms with E-state index in [1.165, 1.54) is 6.07 Å². The fraction of sp³-hybridized carbons (Fsp3) is 0.167. The molecule has 0 bridgehead atoms. The summed E-state index contributed by atoms with van der Waals surface area (Å²) in [6.45, 7) is 0. The molecular formula is C18H12BrF2N5O. The Bertz CT molecular complexity index is 1220. The van der Waals surface area contributed by atoms with Crippen molar-refractivity contribution >= 4 is 44.2 Å². The minimum absolute atomic E-state index is 0.262. The Kier molecular flexibility index (Phi) is 3.55. The molecule has 4 aromatic rings. The van der Waals surface area contributed by atoms with E-state index in [0.717, 1.165) is 10.9 Å². The van der Waals surface area contributed by atoms with Gasteiger partial charge in [0.15, 0.2) is 5.82 Å². The Morgan fingerprint density at radius 1 is 1.37 bits per heavy atom. The molecule has 6 nitrogen and oxygen atoms in total. The van der Waals surface area contributed by atoms with Gasteiger partial charge in [0.2, 0.25) is 5.91 Å². The van der Waals surface area contributed by atoms with Gasteiger partial charge >= 0.3 is 0 Å². The number of carbonyl (C=O) groups is 1. The minimum atomic E-state index is -1.06. The fourth-order valence-electron chi connectivity index (χ4n) is 3.17. The van der Waals surface area contributed by atoms with Crippen LogP contribution in [0.15, 0.2) is 41.3 Å². The molecule has 2 atom stereocenters. The van der Waals surface area contributed by atoms with Gasteiger partial charge in [-0.2, -0.15) is 5.10 Å². The molecular weight excluding hydrogens is 420 g/mol. The van der Waals surface area contributed by atoms with Crippen LogP contribution < -0.4 is 5.32 Å². The van der Waals surface area contributed by atoms with Crippen molar-refractivity contribution in [2.45, 2.75) is 12.6 Å². The molecule has 1 aliphatic carbocycles. The van der Waals surface area contributed by atoms with Gasteiger partial charge in [0.05, 0.1) is 28.3 Å². The summed E-state index contributed by atoms with van der Waals surface area (Å²) in [4.78, 5) is 16.2. The van der Waals surface area contributed by atoms with Crippen molar-refractivity contribution in [3.8, 4) is 11.1 Å². The molecule has 136 valence electrons. The number of benzene rings is 1. The number of anilines is 1. The molecule has 3 heterocycles. The summed E-state index contributed by atoms with van der Waals surface area (Å²) >= 11 is 3.32. The highest BCUT2D eigenvalue weighted by molar-refractivity contribution is 9.10. The van der Waals surface area contributed by atoms with Gasteiger partial charge in [-0.15, -0.1) is 0 Å². The molecule has 1 aliphatic rings. The van der Waals surface area contributed by atoms with E-state index in [1.807, 2.05) is 6.07 Å². The monoisotopic (exact) mass is 431 g/mol. The van der Waals surface area contributed by atoms with Crippen molar-refractivity contribution < 1.29 is 13.6 Å². The lowest BCUT2D eigenvalue weighted by molar-refractivity contribution is -0.117. The Labute approximate surface area is 159 Å². The summed E-state index contributed by atoms with van der Waals surface area (Å²) in [5, 5.41) is 10.2. The Morgan fingerprint density at radius 3 is 2.96 bits per heavy atom. The van der Waals surface area contributed by atoms with E-state index in [-0.39, 0.29) is 12.3 Å². The van der Waals surface area contributed by atoms with E-state index in [1.54, 1.807) is 29.1 Å². The standard InChI is InChI=1S/C18H12BrF2N5O/c19-17-12(21)4-13-10(5-22-25-13)16(17)8-1-2-15-23-14(7-26(15)6-8)24-18(27)9-3-11(9)20/h1-2,4-7,9,11H,3H2,(H,22,25)(H,24,27)/t9-,11+/m1/s1. The molecule has 0 spiro atoms. The van der Waals surface area contributed by atoms with E-state index in [9.17, 15) is 13.6 Å². The van der Waals surface area contributed by atoms with Gasteiger partial charge < -0.3 is 9.72 Å². The highest BCUT2D eigenvalue weighted by atomic mass is 79.9. The number of fused-ring (bicyclic) bond motifs is 2. The molecule has 1 amide bonds. The molecule has 5 rings (SSSR count). The molecule has 1 fully saturated rings. The summed E-state index contributed by atoms with van der Waals surface area (Å²) in [6, 6.07) is 4.97. The highest BCUT2D eigenvalue weighted by Gasteiger charge is 2.43. The maximum Gasteiger partial charge on any atom is 0.231 e. The van der Waals surface area contributed by atoms with Crippen molar-refractivity contribution in [1.82, 2.24) is 19.6 Å². The van der Waals surface area contributed by atoms with Crippen LogP contribution in [0.5, 0.6) is 0 Å². The number of H-pyrrole nitrogens is 1. The second-order valence-electron chi connectivity index (χ2n) is 6.54. The van der Waals surface area contributed by atoms with Crippen molar-refractivity contribution in [2.24, 2.45) is 5.92 Å². The average Bonchev–Trinajstić information content (AvgIpc) is 3.02. The van der Waals surface area contributed by atoms with E-state index in [2.05, 4.69) is 36.4 Å². The first-order valence-electron chi connectivity index (χ1n) is 8.26. The summed E-state index contributed by atoms with van der Waals surface area (Å²) in [6.07, 6.45) is 4.28. The number of pyridine rings is 1. The van der Waals surface area contributed by atoms with Crippen LogP contribution in [-0.2, 0) is 4.79 Å². The third kappa shape index (κ3) is 2.69. The molecule has 3 aromatic heterocycles. The molecule has 0 radical (unpaired) electrons. The first kappa shape index (κ1) is 16.4. The zero-order valence-electron chi connectivity index (χ0n) is 13.7. The average molecular weight is 432 g/mol. The van der Waals surface area contributed by atoms with Gasteiger partial charge in [0, 0.05) is 28.8 Å². The van der Waals surface area contributed by atoms with Crippen molar-refractivity contribution in [2.75, 3.05) is 5.32 Å². The maximum absolute atomic E-state index is 14.3.